The van der Waals surface area contributed by atoms with Crippen LogP contribution in [-0.4, -0.2) is 32.4 Å². The fourth-order valence-electron chi connectivity index (χ4n) is 2.85. The second kappa shape index (κ2) is 6.34. The number of rotatable bonds is 4. The molecular formula is C15H24N2O3S. The molecule has 2 atom stereocenters. The Morgan fingerprint density at radius 3 is 2.71 bits per heavy atom. The Morgan fingerprint density at radius 1 is 1.38 bits per heavy atom. The molecule has 0 saturated carbocycles. The molecule has 21 heavy (non-hydrogen) atoms. The quantitative estimate of drug-likeness (QED) is 0.922. The van der Waals surface area contributed by atoms with Gasteiger partial charge < -0.3 is 10.5 Å². The number of piperidine rings is 1. The van der Waals surface area contributed by atoms with Crippen molar-refractivity contribution in [3.8, 4) is 5.75 Å². The molecule has 1 aliphatic heterocycles. The van der Waals surface area contributed by atoms with Crippen LogP contribution in [0.2, 0.25) is 0 Å². The van der Waals surface area contributed by atoms with Crippen LogP contribution in [0.15, 0.2) is 23.1 Å². The Bertz CT molecular complexity index is 601. The number of nitrogens with zero attached hydrogens (tertiary/aromatic N) is 1. The van der Waals surface area contributed by atoms with Gasteiger partial charge in [-0.15, -0.1) is 0 Å². The second-order valence-electron chi connectivity index (χ2n) is 5.65. The Hall–Kier alpha value is -1.11. The average molecular weight is 312 g/mol. The van der Waals surface area contributed by atoms with Crippen LogP contribution in [-0.2, 0) is 16.6 Å². The summed E-state index contributed by atoms with van der Waals surface area (Å²) in [5.41, 5.74) is 6.38. The monoisotopic (exact) mass is 312 g/mol. The highest BCUT2D eigenvalue weighted by molar-refractivity contribution is 7.89. The first-order valence-corrected chi connectivity index (χ1v) is 8.74. The van der Waals surface area contributed by atoms with Crippen molar-refractivity contribution < 1.29 is 13.2 Å². The zero-order chi connectivity index (χ0) is 15.6. The van der Waals surface area contributed by atoms with Crippen molar-refractivity contribution in [1.29, 1.82) is 0 Å². The fraction of sp³-hybridized carbons (Fsp3) is 0.600. The van der Waals surface area contributed by atoms with Crippen molar-refractivity contribution >= 4 is 10.0 Å². The van der Waals surface area contributed by atoms with Crippen molar-refractivity contribution in [2.45, 2.75) is 44.2 Å². The van der Waals surface area contributed by atoms with Gasteiger partial charge in [-0.2, -0.15) is 4.31 Å². The van der Waals surface area contributed by atoms with E-state index in [1.807, 2.05) is 6.92 Å². The Morgan fingerprint density at radius 2 is 2.10 bits per heavy atom. The van der Waals surface area contributed by atoms with Crippen LogP contribution in [0.5, 0.6) is 5.75 Å². The molecule has 2 rings (SSSR count). The van der Waals surface area contributed by atoms with Gasteiger partial charge in [0.15, 0.2) is 0 Å². The second-order valence-corrected chi connectivity index (χ2v) is 7.54. The number of methoxy groups -OCH3 is 1. The third kappa shape index (κ3) is 3.07. The van der Waals surface area contributed by atoms with Gasteiger partial charge in [-0.05, 0) is 43.9 Å². The lowest BCUT2D eigenvalue weighted by molar-refractivity contribution is 0.202. The minimum Gasteiger partial charge on any atom is -0.496 e. The number of hydrogen-bond donors (Lipinski definition) is 1. The third-order valence-corrected chi connectivity index (χ3v) is 6.38. The van der Waals surface area contributed by atoms with E-state index in [0.29, 0.717) is 28.7 Å². The lowest BCUT2D eigenvalue weighted by Gasteiger charge is -2.36. The van der Waals surface area contributed by atoms with Gasteiger partial charge in [0, 0.05) is 24.7 Å². The molecule has 118 valence electrons. The van der Waals surface area contributed by atoms with E-state index in [0.717, 1.165) is 12.8 Å². The van der Waals surface area contributed by atoms with Crippen LogP contribution in [0.3, 0.4) is 0 Å². The first-order chi connectivity index (χ1) is 9.91. The average Bonchev–Trinajstić information content (AvgIpc) is 2.49. The molecule has 1 saturated heterocycles. The van der Waals surface area contributed by atoms with Gasteiger partial charge in [0.25, 0.3) is 0 Å². The largest absolute Gasteiger partial charge is 0.496 e. The van der Waals surface area contributed by atoms with Crippen molar-refractivity contribution in [2.24, 2.45) is 11.7 Å². The highest BCUT2D eigenvalue weighted by atomic mass is 32.2. The summed E-state index contributed by atoms with van der Waals surface area (Å²) in [4.78, 5) is 0.296. The normalized spacial score (nSPS) is 24.0. The van der Waals surface area contributed by atoms with E-state index in [1.54, 1.807) is 29.6 Å². The van der Waals surface area contributed by atoms with Gasteiger partial charge in [-0.3, -0.25) is 0 Å². The number of sulfonamides is 1. The number of ether oxygens (including phenoxy) is 1. The number of nitrogens with two attached hydrogens (primary N) is 1. The molecule has 1 fully saturated rings. The summed E-state index contributed by atoms with van der Waals surface area (Å²) < 4.78 is 32.5. The van der Waals surface area contributed by atoms with Crippen molar-refractivity contribution in [3.05, 3.63) is 23.8 Å². The Balaban J connectivity index is 2.39. The molecule has 0 aromatic heterocycles. The van der Waals surface area contributed by atoms with Crippen molar-refractivity contribution in [3.63, 3.8) is 0 Å². The van der Waals surface area contributed by atoms with Crippen LogP contribution in [0.1, 0.15) is 32.3 Å². The Labute approximate surface area is 127 Å². The van der Waals surface area contributed by atoms with E-state index in [9.17, 15) is 8.42 Å². The van der Waals surface area contributed by atoms with E-state index in [2.05, 4.69) is 6.92 Å². The molecule has 1 heterocycles. The highest BCUT2D eigenvalue weighted by Gasteiger charge is 2.34. The van der Waals surface area contributed by atoms with Gasteiger partial charge >= 0.3 is 0 Å². The zero-order valence-corrected chi connectivity index (χ0v) is 13.7. The van der Waals surface area contributed by atoms with Gasteiger partial charge in [0.05, 0.1) is 12.0 Å². The first kappa shape index (κ1) is 16.3. The first-order valence-electron chi connectivity index (χ1n) is 7.30. The molecule has 0 bridgehead atoms. The summed E-state index contributed by atoms with van der Waals surface area (Å²) in [5, 5.41) is 0. The maximum Gasteiger partial charge on any atom is 0.243 e. The molecule has 1 aromatic carbocycles. The molecule has 6 heteroatoms. The number of benzene rings is 1. The molecule has 0 spiro atoms. The molecular weight excluding hydrogens is 288 g/mol. The van der Waals surface area contributed by atoms with Crippen LogP contribution in [0, 0.1) is 5.92 Å². The van der Waals surface area contributed by atoms with Crippen molar-refractivity contribution in [2.75, 3.05) is 13.7 Å². The number of hydrogen-bond acceptors (Lipinski definition) is 4. The minimum absolute atomic E-state index is 0.0205. The molecule has 1 aromatic rings. The summed E-state index contributed by atoms with van der Waals surface area (Å²) in [7, 11) is -1.93. The van der Waals surface area contributed by atoms with Gasteiger partial charge in [-0.1, -0.05) is 6.92 Å². The minimum atomic E-state index is -3.48. The van der Waals surface area contributed by atoms with E-state index in [-0.39, 0.29) is 12.6 Å². The van der Waals surface area contributed by atoms with Crippen LogP contribution in [0.25, 0.3) is 0 Å². The van der Waals surface area contributed by atoms with E-state index in [1.165, 1.54) is 0 Å². The third-order valence-electron chi connectivity index (χ3n) is 4.39. The van der Waals surface area contributed by atoms with Crippen LogP contribution >= 0.6 is 0 Å². The summed E-state index contributed by atoms with van der Waals surface area (Å²) >= 11 is 0. The maximum atomic E-state index is 12.9. The van der Waals surface area contributed by atoms with E-state index in [4.69, 9.17) is 10.5 Å². The van der Waals surface area contributed by atoms with Crippen LogP contribution < -0.4 is 10.5 Å². The molecule has 0 radical (unpaired) electrons. The predicted molar refractivity (Wildman–Crippen MR) is 82.6 cm³/mol. The van der Waals surface area contributed by atoms with Gasteiger partial charge in [0.2, 0.25) is 10.0 Å². The summed E-state index contributed by atoms with van der Waals surface area (Å²) in [6, 6.07) is 4.92. The predicted octanol–water partition coefficient (Wildman–Crippen LogP) is 1.96. The topological polar surface area (TPSA) is 72.6 Å². The smallest absolute Gasteiger partial charge is 0.243 e. The lowest BCUT2D eigenvalue weighted by Crippen LogP contribution is -2.45. The van der Waals surface area contributed by atoms with Gasteiger partial charge in [0.1, 0.15) is 5.75 Å². The summed E-state index contributed by atoms with van der Waals surface area (Å²) in [6.07, 6.45) is 1.98. The SMILES string of the molecule is COc1ccc(S(=O)(=O)N2CCCC(C)C2C)cc1CN. The highest BCUT2D eigenvalue weighted by Crippen LogP contribution is 2.30. The van der Waals surface area contributed by atoms with Gasteiger partial charge in [-0.25, -0.2) is 8.42 Å². The lowest BCUT2D eigenvalue weighted by atomic mass is 9.94. The summed E-state index contributed by atoms with van der Waals surface area (Å²) in [6.45, 7) is 4.91. The molecule has 2 N–H and O–H groups in total. The van der Waals surface area contributed by atoms with E-state index >= 15 is 0 Å². The van der Waals surface area contributed by atoms with E-state index < -0.39 is 10.0 Å². The maximum absolute atomic E-state index is 12.9. The molecule has 1 aliphatic rings. The standard InChI is InChI=1S/C15H24N2O3S/c1-11-5-4-8-17(12(11)2)21(18,19)14-6-7-15(20-3)13(9-14)10-16/h6-7,9,11-12H,4-5,8,10,16H2,1-3H3. The van der Waals surface area contributed by atoms with Crippen molar-refractivity contribution in [1.82, 2.24) is 4.31 Å². The molecule has 5 nitrogen and oxygen atoms in total. The molecule has 2 unspecified atom stereocenters. The Kier molecular flexibility index (Phi) is 4.91. The summed E-state index contributed by atoms with van der Waals surface area (Å²) in [5.74, 6) is 0.997. The van der Waals surface area contributed by atoms with Crippen LogP contribution in [0.4, 0.5) is 0 Å². The molecule has 0 aliphatic carbocycles. The molecule has 0 amide bonds. The zero-order valence-electron chi connectivity index (χ0n) is 12.9. The fourth-order valence-corrected chi connectivity index (χ4v) is 4.66.